The summed E-state index contributed by atoms with van der Waals surface area (Å²) in [6.45, 7) is 1.91. The number of hydrogen-bond acceptors (Lipinski definition) is 3. The van der Waals surface area contributed by atoms with Gasteiger partial charge in [0.1, 0.15) is 5.75 Å². The molecular weight excluding hydrogens is 316 g/mol. The number of carbonyl (C=O) groups is 2. The topological polar surface area (TPSA) is 81.4 Å². The van der Waals surface area contributed by atoms with Crippen LogP contribution in [0.4, 0.5) is 0 Å². The van der Waals surface area contributed by atoms with E-state index in [0.717, 1.165) is 5.56 Å². The molecule has 2 rings (SSSR count). The normalized spacial score (nSPS) is 11.6. The second-order valence-electron chi connectivity index (χ2n) is 4.97. The zero-order valence-corrected chi connectivity index (χ0v) is 13.3. The number of nitrogens with two attached hydrogens (primary N) is 1. The van der Waals surface area contributed by atoms with Crippen molar-refractivity contribution in [3.05, 3.63) is 64.7 Å². The van der Waals surface area contributed by atoms with Gasteiger partial charge in [0.15, 0.2) is 6.10 Å². The quantitative estimate of drug-likeness (QED) is 0.852. The van der Waals surface area contributed by atoms with Gasteiger partial charge in [0, 0.05) is 12.1 Å². The first-order valence-electron chi connectivity index (χ1n) is 7.05. The average molecular weight is 333 g/mol. The lowest BCUT2D eigenvalue weighted by Crippen LogP contribution is -2.36. The van der Waals surface area contributed by atoms with Gasteiger partial charge in [-0.25, -0.2) is 0 Å². The number of rotatable bonds is 6. The number of amides is 2. The molecule has 2 aromatic rings. The first kappa shape index (κ1) is 16.8. The summed E-state index contributed by atoms with van der Waals surface area (Å²) >= 11 is 5.99. The summed E-state index contributed by atoms with van der Waals surface area (Å²) in [7, 11) is 0. The molecule has 0 spiro atoms. The van der Waals surface area contributed by atoms with E-state index < -0.39 is 12.0 Å². The Labute approximate surface area is 139 Å². The molecule has 0 unspecified atom stereocenters. The van der Waals surface area contributed by atoms with Gasteiger partial charge >= 0.3 is 0 Å². The fourth-order valence-electron chi connectivity index (χ4n) is 1.95. The third-order valence-corrected chi connectivity index (χ3v) is 3.50. The second-order valence-corrected chi connectivity index (χ2v) is 5.38. The van der Waals surface area contributed by atoms with Crippen molar-refractivity contribution in [2.45, 2.75) is 19.6 Å². The summed E-state index contributed by atoms with van der Waals surface area (Å²) in [6.07, 6.45) is -0.700. The first-order chi connectivity index (χ1) is 11.0. The Morgan fingerprint density at radius 1 is 1.22 bits per heavy atom. The van der Waals surface area contributed by atoms with E-state index >= 15 is 0 Å². The lowest BCUT2D eigenvalue weighted by atomic mass is 10.1. The van der Waals surface area contributed by atoms with Crippen LogP contribution in [0.2, 0.25) is 5.02 Å². The molecule has 1 atom stereocenters. The van der Waals surface area contributed by atoms with Gasteiger partial charge in [0.2, 0.25) is 5.91 Å². The smallest absolute Gasteiger partial charge is 0.261 e. The molecule has 0 saturated heterocycles. The number of primary amides is 1. The van der Waals surface area contributed by atoms with E-state index in [1.165, 1.54) is 0 Å². The Kier molecular flexibility index (Phi) is 5.60. The van der Waals surface area contributed by atoms with E-state index in [1.54, 1.807) is 55.5 Å². The number of halogens is 1. The van der Waals surface area contributed by atoms with E-state index in [9.17, 15) is 9.59 Å². The van der Waals surface area contributed by atoms with Gasteiger partial charge in [-0.15, -0.1) is 0 Å². The van der Waals surface area contributed by atoms with Gasteiger partial charge in [0.25, 0.3) is 5.91 Å². The van der Waals surface area contributed by atoms with Gasteiger partial charge in [0.05, 0.1) is 5.02 Å². The monoisotopic (exact) mass is 332 g/mol. The summed E-state index contributed by atoms with van der Waals surface area (Å²) in [4.78, 5) is 23.2. The molecule has 0 radical (unpaired) electrons. The minimum absolute atomic E-state index is 0.274. The van der Waals surface area contributed by atoms with Gasteiger partial charge in [-0.3, -0.25) is 9.59 Å². The van der Waals surface area contributed by atoms with Gasteiger partial charge in [-0.05, 0) is 36.8 Å². The van der Waals surface area contributed by atoms with Crippen LogP contribution < -0.4 is 15.8 Å². The fraction of sp³-hybridized carbons (Fsp3) is 0.176. The molecule has 2 aromatic carbocycles. The van der Waals surface area contributed by atoms with Crippen molar-refractivity contribution in [2.24, 2.45) is 5.73 Å². The number of hydrogen-bond donors (Lipinski definition) is 2. The molecule has 2 amide bonds. The maximum Gasteiger partial charge on any atom is 0.261 e. The Morgan fingerprint density at radius 3 is 2.65 bits per heavy atom. The van der Waals surface area contributed by atoms with Crippen LogP contribution in [0, 0.1) is 0 Å². The fourth-order valence-corrected chi connectivity index (χ4v) is 2.13. The van der Waals surface area contributed by atoms with Crippen molar-refractivity contribution < 1.29 is 14.3 Å². The molecule has 0 aliphatic rings. The third-order valence-electron chi connectivity index (χ3n) is 3.19. The van der Waals surface area contributed by atoms with Crippen LogP contribution in [0.3, 0.4) is 0 Å². The zero-order chi connectivity index (χ0) is 16.8. The second kappa shape index (κ2) is 7.65. The molecular formula is C17H17ClN2O3. The van der Waals surface area contributed by atoms with Crippen LogP contribution in [0.25, 0.3) is 0 Å². The summed E-state index contributed by atoms with van der Waals surface area (Å²) < 4.78 is 5.54. The molecule has 6 heteroatoms. The Morgan fingerprint density at radius 2 is 1.96 bits per heavy atom. The van der Waals surface area contributed by atoms with Crippen LogP contribution in [0.5, 0.6) is 5.75 Å². The molecule has 0 fully saturated rings. The minimum atomic E-state index is -0.700. The molecule has 3 N–H and O–H groups in total. The van der Waals surface area contributed by atoms with Crippen molar-refractivity contribution in [2.75, 3.05) is 0 Å². The molecule has 5 nitrogen and oxygen atoms in total. The molecule has 0 aliphatic heterocycles. The van der Waals surface area contributed by atoms with Gasteiger partial charge in [-0.2, -0.15) is 0 Å². The van der Waals surface area contributed by atoms with Crippen LogP contribution in [-0.2, 0) is 11.3 Å². The lowest BCUT2D eigenvalue weighted by Gasteiger charge is -2.15. The van der Waals surface area contributed by atoms with Crippen molar-refractivity contribution in [1.82, 2.24) is 5.32 Å². The molecule has 23 heavy (non-hydrogen) atoms. The molecule has 120 valence electrons. The highest BCUT2D eigenvalue weighted by Crippen LogP contribution is 2.24. The first-order valence-corrected chi connectivity index (χ1v) is 7.43. The highest BCUT2D eigenvalue weighted by Gasteiger charge is 2.15. The third kappa shape index (κ3) is 4.72. The highest BCUT2D eigenvalue weighted by atomic mass is 35.5. The molecule has 0 saturated carbocycles. The number of carbonyl (C=O) groups excluding carboxylic acids is 2. The maximum absolute atomic E-state index is 12.1. The zero-order valence-electron chi connectivity index (χ0n) is 12.6. The molecule has 0 aliphatic carbocycles. The van der Waals surface area contributed by atoms with Crippen molar-refractivity contribution in [3.63, 3.8) is 0 Å². The van der Waals surface area contributed by atoms with Crippen molar-refractivity contribution >= 4 is 23.4 Å². The van der Waals surface area contributed by atoms with Crippen LogP contribution >= 0.6 is 11.6 Å². The summed E-state index contributed by atoms with van der Waals surface area (Å²) in [5, 5.41) is 3.19. The molecule has 0 aromatic heterocycles. The van der Waals surface area contributed by atoms with Crippen LogP contribution in [0.15, 0.2) is 48.5 Å². The summed E-state index contributed by atoms with van der Waals surface area (Å²) in [6, 6.07) is 13.7. The van der Waals surface area contributed by atoms with Crippen LogP contribution in [-0.4, -0.2) is 17.9 Å². The largest absolute Gasteiger partial charge is 0.479 e. The van der Waals surface area contributed by atoms with E-state index in [0.29, 0.717) is 16.3 Å². The number of nitrogens with one attached hydrogen (secondary N) is 1. The Hall–Kier alpha value is -2.53. The predicted octanol–water partition coefficient (Wildman–Crippen LogP) is 2.52. The average Bonchev–Trinajstić information content (AvgIpc) is 2.55. The predicted molar refractivity (Wildman–Crippen MR) is 88.3 cm³/mol. The number of para-hydroxylation sites is 1. The van der Waals surface area contributed by atoms with E-state index in [4.69, 9.17) is 22.1 Å². The molecule has 0 heterocycles. The standard InChI is InChI=1S/C17H17ClN2O3/c1-11(23-15-8-3-2-7-14(15)18)17(22)20-10-12-5-4-6-13(9-12)16(19)21/h2-9,11H,10H2,1H3,(H2,19,21)(H,20,22)/t11-/m0/s1. The van der Waals surface area contributed by atoms with Crippen molar-refractivity contribution in [1.29, 1.82) is 0 Å². The van der Waals surface area contributed by atoms with E-state index in [2.05, 4.69) is 5.32 Å². The van der Waals surface area contributed by atoms with Gasteiger partial charge < -0.3 is 15.8 Å². The van der Waals surface area contributed by atoms with Crippen LogP contribution in [0.1, 0.15) is 22.8 Å². The lowest BCUT2D eigenvalue weighted by molar-refractivity contribution is -0.127. The SMILES string of the molecule is C[C@H](Oc1ccccc1Cl)C(=O)NCc1cccc(C(N)=O)c1. The highest BCUT2D eigenvalue weighted by molar-refractivity contribution is 6.32. The maximum atomic E-state index is 12.1. The minimum Gasteiger partial charge on any atom is -0.479 e. The Bertz CT molecular complexity index is 718. The van der Waals surface area contributed by atoms with E-state index in [1.807, 2.05) is 0 Å². The van der Waals surface area contributed by atoms with Crippen molar-refractivity contribution in [3.8, 4) is 5.75 Å². The number of ether oxygens (including phenoxy) is 1. The number of benzene rings is 2. The summed E-state index contributed by atoms with van der Waals surface area (Å²) in [5.74, 6) is -0.337. The summed E-state index contributed by atoms with van der Waals surface area (Å²) in [5.41, 5.74) is 6.41. The van der Waals surface area contributed by atoms with Gasteiger partial charge in [-0.1, -0.05) is 35.9 Å². The van der Waals surface area contributed by atoms with E-state index in [-0.39, 0.29) is 12.5 Å². The molecule has 0 bridgehead atoms. The Balaban J connectivity index is 1.93.